The normalized spacial score (nSPS) is 12.0. The molecule has 30 heavy (non-hydrogen) atoms. The van der Waals surface area contributed by atoms with Crippen molar-refractivity contribution >= 4 is 22.8 Å². The maximum absolute atomic E-state index is 12.3. The van der Waals surface area contributed by atoms with Crippen LogP contribution in [-0.4, -0.2) is 30.6 Å². The van der Waals surface area contributed by atoms with E-state index in [1.165, 1.54) is 19.1 Å². The number of carbonyl (C=O) groups is 1. The number of carbonyl (C=O) groups excluding carboxylic acids is 1. The van der Waals surface area contributed by atoms with E-state index in [4.69, 9.17) is 13.7 Å². The number of benzene rings is 1. The first-order valence-corrected chi connectivity index (χ1v) is 8.63. The predicted octanol–water partition coefficient (Wildman–Crippen LogP) is 2.25. The molecule has 0 fully saturated rings. The number of ether oxygens (including phenoxy) is 1. The summed E-state index contributed by atoms with van der Waals surface area (Å²) in [6, 6.07) is 7.11. The molecule has 12 heteroatoms. The number of esters is 1. The molecule has 0 aliphatic carbocycles. The number of hydrogen-bond donors (Lipinski definition) is 0. The Balaban J connectivity index is 1.48. The van der Waals surface area contributed by atoms with E-state index < -0.39 is 29.3 Å². The van der Waals surface area contributed by atoms with Gasteiger partial charge in [0.05, 0.1) is 16.5 Å². The summed E-state index contributed by atoms with van der Waals surface area (Å²) in [5.41, 5.74) is 0.622. The number of nitrogens with zero attached hydrogens (tertiary/aromatic N) is 5. The number of oxazole rings is 1. The maximum atomic E-state index is 12.3. The highest BCUT2D eigenvalue weighted by Crippen LogP contribution is 2.22. The predicted molar refractivity (Wildman–Crippen MR) is 99.2 cm³/mol. The van der Waals surface area contributed by atoms with Crippen molar-refractivity contribution < 1.29 is 23.4 Å². The molecule has 0 amide bonds. The molecule has 0 aliphatic heterocycles. The molecule has 1 unspecified atom stereocenters. The third kappa shape index (κ3) is 3.65. The average molecular weight is 411 g/mol. The molecule has 4 aromatic rings. The summed E-state index contributed by atoms with van der Waals surface area (Å²) >= 11 is 0. The Morgan fingerprint density at radius 1 is 1.37 bits per heavy atom. The van der Waals surface area contributed by atoms with Gasteiger partial charge < -0.3 is 13.7 Å². The van der Waals surface area contributed by atoms with Gasteiger partial charge in [0.1, 0.15) is 6.54 Å². The van der Waals surface area contributed by atoms with Crippen molar-refractivity contribution in [2.24, 2.45) is 0 Å². The van der Waals surface area contributed by atoms with Gasteiger partial charge in [0.2, 0.25) is 5.82 Å². The van der Waals surface area contributed by atoms with Crippen molar-refractivity contribution in [2.75, 3.05) is 0 Å². The third-order valence-corrected chi connectivity index (χ3v) is 4.17. The van der Waals surface area contributed by atoms with Gasteiger partial charge >= 0.3 is 11.7 Å². The van der Waals surface area contributed by atoms with Crippen molar-refractivity contribution in [3.8, 4) is 11.4 Å². The zero-order valence-electron chi connectivity index (χ0n) is 15.4. The molecule has 0 bridgehead atoms. The lowest BCUT2D eigenvalue weighted by atomic mass is 10.3. The Labute approximate surface area is 166 Å². The maximum Gasteiger partial charge on any atom is 0.420 e. The van der Waals surface area contributed by atoms with Crippen LogP contribution in [0.15, 0.2) is 56.5 Å². The van der Waals surface area contributed by atoms with E-state index in [2.05, 4.69) is 15.1 Å². The van der Waals surface area contributed by atoms with Crippen LogP contribution in [0, 0.1) is 10.1 Å². The second-order valence-corrected chi connectivity index (χ2v) is 6.19. The Kier molecular flexibility index (Phi) is 4.80. The van der Waals surface area contributed by atoms with E-state index in [0.717, 1.165) is 10.6 Å². The zero-order valence-corrected chi connectivity index (χ0v) is 15.4. The number of hydrogen-bond acceptors (Lipinski definition) is 10. The SMILES string of the molecule is CC(OC(=O)Cn1c(=O)oc2cc([N+](=O)[O-])ccc21)c1nc(-c2cccnc2)no1. The van der Waals surface area contributed by atoms with E-state index in [1.54, 1.807) is 24.5 Å². The number of nitro groups is 1. The highest BCUT2D eigenvalue weighted by molar-refractivity contribution is 5.78. The van der Waals surface area contributed by atoms with Crippen LogP contribution in [0.25, 0.3) is 22.5 Å². The van der Waals surface area contributed by atoms with E-state index >= 15 is 0 Å². The zero-order chi connectivity index (χ0) is 21.3. The Morgan fingerprint density at radius 2 is 2.20 bits per heavy atom. The molecular formula is C18H13N5O7. The fraction of sp³-hybridized carbons (Fsp3) is 0.167. The van der Waals surface area contributed by atoms with E-state index in [0.29, 0.717) is 11.4 Å². The quantitative estimate of drug-likeness (QED) is 0.262. The topological polar surface area (TPSA) is 156 Å². The molecule has 4 rings (SSSR count). The fourth-order valence-corrected chi connectivity index (χ4v) is 2.74. The van der Waals surface area contributed by atoms with Gasteiger partial charge in [-0.15, -0.1) is 0 Å². The van der Waals surface area contributed by atoms with Gasteiger partial charge in [0, 0.05) is 24.0 Å². The number of pyridine rings is 1. The molecule has 0 radical (unpaired) electrons. The van der Waals surface area contributed by atoms with Crippen LogP contribution >= 0.6 is 0 Å². The largest absolute Gasteiger partial charge is 0.451 e. The van der Waals surface area contributed by atoms with Crippen molar-refractivity contribution in [3.05, 3.63) is 69.3 Å². The van der Waals surface area contributed by atoms with Crippen LogP contribution < -0.4 is 5.76 Å². The smallest absolute Gasteiger partial charge is 0.420 e. The van der Waals surface area contributed by atoms with Crippen LogP contribution in [0.3, 0.4) is 0 Å². The van der Waals surface area contributed by atoms with Crippen LogP contribution in [0.4, 0.5) is 5.69 Å². The fourth-order valence-electron chi connectivity index (χ4n) is 2.74. The van der Waals surface area contributed by atoms with E-state index in [9.17, 15) is 19.7 Å². The lowest BCUT2D eigenvalue weighted by molar-refractivity contribution is -0.384. The first-order chi connectivity index (χ1) is 14.4. The summed E-state index contributed by atoms with van der Waals surface area (Å²) in [7, 11) is 0. The van der Waals surface area contributed by atoms with E-state index in [1.807, 2.05) is 0 Å². The van der Waals surface area contributed by atoms with Gasteiger partial charge in [-0.2, -0.15) is 4.98 Å². The molecule has 0 spiro atoms. The van der Waals surface area contributed by atoms with Crippen molar-refractivity contribution in [1.82, 2.24) is 19.7 Å². The summed E-state index contributed by atoms with van der Waals surface area (Å²) in [6.45, 7) is 1.08. The van der Waals surface area contributed by atoms with Crippen LogP contribution in [0.2, 0.25) is 0 Å². The van der Waals surface area contributed by atoms with Crippen molar-refractivity contribution in [2.45, 2.75) is 19.6 Å². The highest BCUT2D eigenvalue weighted by Gasteiger charge is 2.22. The Morgan fingerprint density at radius 3 is 2.93 bits per heavy atom. The number of nitro benzene ring substituents is 1. The molecule has 1 aromatic carbocycles. The summed E-state index contributed by atoms with van der Waals surface area (Å²) in [4.78, 5) is 42.7. The van der Waals surface area contributed by atoms with Crippen molar-refractivity contribution in [1.29, 1.82) is 0 Å². The van der Waals surface area contributed by atoms with Gasteiger partial charge in [0.15, 0.2) is 11.7 Å². The Bertz CT molecular complexity index is 1290. The molecule has 0 saturated carbocycles. The average Bonchev–Trinajstić information content (AvgIpc) is 3.33. The van der Waals surface area contributed by atoms with Gasteiger partial charge in [-0.3, -0.25) is 24.5 Å². The van der Waals surface area contributed by atoms with Gasteiger partial charge in [-0.25, -0.2) is 4.79 Å². The number of non-ortho nitro benzene ring substituents is 1. The molecule has 0 N–H and O–H groups in total. The van der Waals surface area contributed by atoms with E-state index in [-0.39, 0.29) is 22.7 Å². The van der Waals surface area contributed by atoms with Gasteiger partial charge in [-0.1, -0.05) is 5.16 Å². The van der Waals surface area contributed by atoms with Crippen molar-refractivity contribution in [3.63, 3.8) is 0 Å². The second kappa shape index (κ2) is 7.58. The van der Waals surface area contributed by atoms with Gasteiger partial charge in [0.25, 0.3) is 11.6 Å². The molecule has 0 aliphatic rings. The molecule has 12 nitrogen and oxygen atoms in total. The lowest BCUT2D eigenvalue weighted by Gasteiger charge is -2.09. The minimum Gasteiger partial charge on any atom is -0.451 e. The molecule has 3 aromatic heterocycles. The molecule has 152 valence electrons. The first kappa shape index (κ1) is 19.0. The minimum atomic E-state index is -0.870. The number of aromatic nitrogens is 4. The minimum absolute atomic E-state index is 0.00642. The molecule has 1 atom stereocenters. The summed E-state index contributed by atoms with van der Waals surface area (Å²) in [5, 5.41) is 14.7. The third-order valence-electron chi connectivity index (χ3n) is 4.17. The standard InChI is InChI=1S/C18H13N5O7/c1-10(17-20-16(21-30-17)11-3-2-6-19-8-11)28-15(24)9-22-13-5-4-12(23(26)27)7-14(13)29-18(22)25/h2-8,10H,9H2,1H3. The Hall–Kier alpha value is -4.35. The summed E-state index contributed by atoms with van der Waals surface area (Å²) in [6.07, 6.45) is 2.30. The molecule has 0 saturated heterocycles. The monoisotopic (exact) mass is 411 g/mol. The van der Waals surface area contributed by atoms with Crippen LogP contribution in [-0.2, 0) is 16.1 Å². The van der Waals surface area contributed by atoms with Gasteiger partial charge in [-0.05, 0) is 25.1 Å². The number of fused-ring (bicyclic) bond motifs is 1. The summed E-state index contributed by atoms with van der Waals surface area (Å²) in [5.74, 6) is -1.24. The molecule has 3 heterocycles. The van der Waals surface area contributed by atoms with Crippen LogP contribution in [0.1, 0.15) is 18.9 Å². The lowest BCUT2D eigenvalue weighted by Crippen LogP contribution is -2.22. The first-order valence-electron chi connectivity index (χ1n) is 8.63. The summed E-state index contributed by atoms with van der Waals surface area (Å²) < 4.78 is 16.4. The molecular weight excluding hydrogens is 398 g/mol. The van der Waals surface area contributed by atoms with Crippen LogP contribution in [0.5, 0.6) is 0 Å². The highest BCUT2D eigenvalue weighted by atomic mass is 16.6. The second-order valence-electron chi connectivity index (χ2n) is 6.19. The number of rotatable bonds is 6.